The molecule has 0 spiro atoms. The Morgan fingerprint density at radius 1 is 1.20 bits per heavy atom. The molecule has 128 valence electrons. The molecular weight excluding hydrogens is 318 g/mol. The van der Waals surface area contributed by atoms with Crippen LogP contribution in [-0.4, -0.2) is 27.9 Å². The fourth-order valence-electron chi connectivity index (χ4n) is 2.44. The standard InChI is InChI=1S/C19H19N3O3/c1-2-10-25-19(24)14-6-5-7-15(11-14)21-18(23)12-16-13-22-9-4-3-8-17(22)20-16/h3-9,11,13H,2,10,12H2,1H3,(H,21,23). The zero-order valence-corrected chi connectivity index (χ0v) is 13.9. The number of pyridine rings is 1. The minimum absolute atomic E-state index is 0.159. The molecule has 0 aliphatic rings. The van der Waals surface area contributed by atoms with E-state index < -0.39 is 5.97 Å². The lowest BCUT2D eigenvalue weighted by Gasteiger charge is -2.07. The molecule has 1 amide bonds. The molecule has 0 unspecified atom stereocenters. The van der Waals surface area contributed by atoms with E-state index in [4.69, 9.17) is 4.74 Å². The van der Waals surface area contributed by atoms with Crippen LogP contribution in [0.25, 0.3) is 5.65 Å². The minimum atomic E-state index is -0.390. The first-order valence-electron chi connectivity index (χ1n) is 8.15. The van der Waals surface area contributed by atoms with Crippen molar-refractivity contribution in [2.75, 3.05) is 11.9 Å². The van der Waals surface area contributed by atoms with E-state index in [1.54, 1.807) is 24.3 Å². The van der Waals surface area contributed by atoms with Crippen molar-refractivity contribution in [2.24, 2.45) is 0 Å². The number of nitrogens with zero attached hydrogens (tertiary/aromatic N) is 2. The number of rotatable bonds is 6. The third-order valence-electron chi connectivity index (χ3n) is 3.57. The lowest BCUT2D eigenvalue weighted by Crippen LogP contribution is -2.15. The predicted octanol–water partition coefficient (Wildman–Crippen LogP) is 3.08. The summed E-state index contributed by atoms with van der Waals surface area (Å²) < 4.78 is 6.97. The number of fused-ring (bicyclic) bond motifs is 1. The number of imidazole rings is 1. The van der Waals surface area contributed by atoms with Crippen molar-refractivity contribution in [1.29, 1.82) is 0 Å². The number of hydrogen-bond donors (Lipinski definition) is 1. The van der Waals surface area contributed by atoms with Gasteiger partial charge in [0.15, 0.2) is 0 Å². The highest BCUT2D eigenvalue weighted by Crippen LogP contribution is 2.13. The van der Waals surface area contributed by atoms with Gasteiger partial charge in [-0.15, -0.1) is 0 Å². The number of anilines is 1. The summed E-state index contributed by atoms with van der Waals surface area (Å²) in [6.07, 6.45) is 4.63. The van der Waals surface area contributed by atoms with E-state index in [0.29, 0.717) is 23.6 Å². The second kappa shape index (κ2) is 7.61. The Bertz CT molecular complexity index is 869. The molecule has 0 atom stereocenters. The van der Waals surface area contributed by atoms with Gasteiger partial charge in [0.05, 0.1) is 24.3 Å². The number of benzene rings is 1. The molecular formula is C19H19N3O3. The summed E-state index contributed by atoms with van der Waals surface area (Å²) in [6, 6.07) is 12.4. The van der Waals surface area contributed by atoms with Gasteiger partial charge in [0, 0.05) is 18.1 Å². The highest BCUT2D eigenvalue weighted by atomic mass is 16.5. The van der Waals surface area contributed by atoms with Crippen LogP contribution in [0, 0.1) is 0 Å². The fraction of sp³-hybridized carbons (Fsp3) is 0.211. The van der Waals surface area contributed by atoms with Gasteiger partial charge in [-0.05, 0) is 36.8 Å². The second-order valence-electron chi connectivity index (χ2n) is 5.64. The monoisotopic (exact) mass is 337 g/mol. The zero-order valence-electron chi connectivity index (χ0n) is 13.9. The van der Waals surface area contributed by atoms with Crippen molar-refractivity contribution in [3.8, 4) is 0 Å². The number of ether oxygens (including phenoxy) is 1. The molecule has 0 radical (unpaired) electrons. The number of carbonyl (C=O) groups is 2. The summed E-state index contributed by atoms with van der Waals surface area (Å²) in [7, 11) is 0. The van der Waals surface area contributed by atoms with Gasteiger partial charge in [-0.25, -0.2) is 9.78 Å². The van der Waals surface area contributed by atoms with Crippen LogP contribution in [0.5, 0.6) is 0 Å². The molecule has 0 aliphatic heterocycles. The topological polar surface area (TPSA) is 72.7 Å². The maximum Gasteiger partial charge on any atom is 0.338 e. The van der Waals surface area contributed by atoms with E-state index in [0.717, 1.165) is 12.1 Å². The van der Waals surface area contributed by atoms with Crippen LogP contribution in [0.4, 0.5) is 5.69 Å². The van der Waals surface area contributed by atoms with Crippen LogP contribution in [0.15, 0.2) is 54.9 Å². The maximum absolute atomic E-state index is 12.2. The summed E-state index contributed by atoms with van der Waals surface area (Å²) in [5, 5.41) is 2.79. The van der Waals surface area contributed by atoms with E-state index in [9.17, 15) is 9.59 Å². The molecule has 6 heteroatoms. The molecule has 2 heterocycles. The third kappa shape index (κ3) is 4.23. The molecule has 2 aromatic heterocycles. The Labute approximate surface area is 145 Å². The van der Waals surface area contributed by atoms with Crippen LogP contribution in [0.3, 0.4) is 0 Å². The van der Waals surface area contributed by atoms with Gasteiger partial charge in [-0.1, -0.05) is 19.1 Å². The molecule has 0 saturated heterocycles. The minimum Gasteiger partial charge on any atom is -0.462 e. The Hall–Kier alpha value is -3.15. The Morgan fingerprint density at radius 2 is 2.08 bits per heavy atom. The number of amides is 1. The van der Waals surface area contributed by atoms with E-state index in [2.05, 4.69) is 10.3 Å². The molecule has 25 heavy (non-hydrogen) atoms. The van der Waals surface area contributed by atoms with Crippen LogP contribution in [-0.2, 0) is 16.0 Å². The van der Waals surface area contributed by atoms with Crippen molar-refractivity contribution in [1.82, 2.24) is 9.38 Å². The summed E-state index contributed by atoms with van der Waals surface area (Å²) in [4.78, 5) is 28.5. The first-order chi connectivity index (χ1) is 12.2. The van der Waals surface area contributed by atoms with E-state index in [1.165, 1.54) is 0 Å². The van der Waals surface area contributed by atoms with Gasteiger partial charge in [0.2, 0.25) is 5.91 Å². The highest BCUT2D eigenvalue weighted by molar-refractivity contribution is 5.95. The smallest absolute Gasteiger partial charge is 0.338 e. The van der Waals surface area contributed by atoms with Crippen molar-refractivity contribution in [3.63, 3.8) is 0 Å². The maximum atomic E-state index is 12.2. The first-order valence-corrected chi connectivity index (χ1v) is 8.15. The number of esters is 1. The van der Waals surface area contributed by atoms with Crippen molar-refractivity contribution >= 4 is 23.2 Å². The van der Waals surface area contributed by atoms with Crippen molar-refractivity contribution in [3.05, 3.63) is 66.1 Å². The molecule has 0 fully saturated rings. The van der Waals surface area contributed by atoms with E-state index in [1.807, 2.05) is 41.9 Å². The van der Waals surface area contributed by atoms with Crippen LogP contribution in [0.1, 0.15) is 29.4 Å². The molecule has 1 aromatic carbocycles. The third-order valence-corrected chi connectivity index (χ3v) is 3.57. The number of carbonyl (C=O) groups excluding carboxylic acids is 2. The molecule has 0 aliphatic carbocycles. The predicted molar refractivity (Wildman–Crippen MR) is 94.5 cm³/mol. The Kier molecular flexibility index (Phi) is 5.09. The van der Waals surface area contributed by atoms with Gasteiger partial charge < -0.3 is 14.5 Å². The van der Waals surface area contributed by atoms with Crippen LogP contribution < -0.4 is 5.32 Å². The van der Waals surface area contributed by atoms with Crippen LogP contribution in [0.2, 0.25) is 0 Å². The Balaban J connectivity index is 1.65. The highest BCUT2D eigenvalue weighted by Gasteiger charge is 2.11. The van der Waals surface area contributed by atoms with Gasteiger partial charge in [-0.2, -0.15) is 0 Å². The largest absolute Gasteiger partial charge is 0.462 e. The van der Waals surface area contributed by atoms with Gasteiger partial charge >= 0.3 is 5.97 Å². The average Bonchev–Trinajstić information content (AvgIpc) is 3.01. The molecule has 1 N–H and O–H groups in total. The van der Waals surface area contributed by atoms with Gasteiger partial charge in [-0.3, -0.25) is 4.79 Å². The quantitative estimate of drug-likeness (QED) is 0.702. The second-order valence-corrected chi connectivity index (χ2v) is 5.64. The summed E-state index contributed by atoms with van der Waals surface area (Å²) in [6.45, 7) is 2.31. The summed E-state index contributed by atoms with van der Waals surface area (Å²) in [5.41, 5.74) is 2.45. The SMILES string of the molecule is CCCOC(=O)c1cccc(NC(=O)Cc2cn3ccccc3n2)c1. The number of aromatic nitrogens is 2. The Morgan fingerprint density at radius 3 is 2.88 bits per heavy atom. The van der Waals surface area contributed by atoms with Crippen LogP contribution >= 0.6 is 0 Å². The molecule has 0 bridgehead atoms. The fourth-order valence-corrected chi connectivity index (χ4v) is 2.44. The molecule has 0 saturated carbocycles. The lowest BCUT2D eigenvalue weighted by atomic mass is 10.2. The summed E-state index contributed by atoms with van der Waals surface area (Å²) in [5.74, 6) is -0.583. The van der Waals surface area contributed by atoms with E-state index in [-0.39, 0.29) is 12.3 Å². The normalized spacial score (nSPS) is 10.6. The van der Waals surface area contributed by atoms with E-state index >= 15 is 0 Å². The molecule has 3 aromatic rings. The summed E-state index contributed by atoms with van der Waals surface area (Å²) >= 11 is 0. The van der Waals surface area contributed by atoms with Crippen molar-refractivity contribution in [2.45, 2.75) is 19.8 Å². The first kappa shape index (κ1) is 16.7. The van der Waals surface area contributed by atoms with Crippen molar-refractivity contribution < 1.29 is 14.3 Å². The number of hydrogen-bond acceptors (Lipinski definition) is 4. The molecule has 6 nitrogen and oxygen atoms in total. The van der Waals surface area contributed by atoms with Gasteiger partial charge in [0.25, 0.3) is 0 Å². The molecule has 3 rings (SSSR count). The lowest BCUT2D eigenvalue weighted by molar-refractivity contribution is -0.115. The number of nitrogens with one attached hydrogen (secondary N) is 1. The zero-order chi connectivity index (χ0) is 17.6. The van der Waals surface area contributed by atoms with Gasteiger partial charge in [0.1, 0.15) is 5.65 Å². The average molecular weight is 337 g/mol.